The number of anilines is 2. The van der Waals surface area contributed by atoms with Gasteiger partial charge in [-0.3, -0.25) is 9.40 Å². The molecule has 0 unspecified atom stereocenters. The van der Waals surface area contributed by atoms with Gasteiger partial charge in [-0.05, 0) is 18.6 Å². The van der Waals surface area contributed by atoms with Gasteiger partial charge in [-0.1, -0.05) is 29.3 Å². The molecule has 9 heteroatoms. The number of aromatic nitrogens is 2. The van der Waals surface area contributed by atoms with E-state index in [2.05, 4.69) is 9.82 Å². The fourth-order valence-electron chi connectivity index (χ4n) is 1.63. The summed E-state index contributed by atoms with van der Waals surface area (Å²) in [5, 5.41) is 4.23. The highest BCUT2D eigenvalue weighted by atomic mass is 35.5. The summed E-state index contributed by atoms with van der Waals surface area (Å²) in [6.07, 6.45) is 1.30. The van der Waals surface area contributed by atoms with Crippen LogP contribution in [0.2, 0.25) is 10.0 Å². The predicted molar refractivity (Wildman–Crippen MR) is 79.6 cm³/mol. The maximum absolute atomic E-state index is 12.3. The molecule has 108 valence electrons. The Morgan fingerprint density at radius 3 is 2.55 bits per heavy atom. The second kappa shape index (κ2) is 5.16. The molecule has 0 saturated heterocycles. The third-order valence-corrected chi connectivity index (χ3v) is 4.80. The number of nitrogens with one attached hydrogen (secondary N) is 1. The molecule has 0 aliphatic carbocycles. The number of benzene rings is 1. The van der Waals surface area contributed by atoms with Crippen LogP contribution in [-0.2, 0) is 17.1 Å². The third-order valence-electron chi connectivity index (χ3n) is 2.63. The number of sulfonamides is 1. The van der Waals surface area contributed by atoms with Gasteiger partial charge in [-0.15, -0.1) is 0 Å². The molecule has 0 spiro atoms. The van der Waals surface area contributed by atoms with Crippen LogP contribution in [0.3, 0.4) is 0 Å². The lowest BCUT2D eigenvalue weighted by atomic mass is 10.2. The van der Waals surface area contributed by atoms with E-state index in [0.717, 1.165) is 0 Å². The second-order valence-corrected chi connectivity index (χ2v) is 6.65. The van der Waals surface area contributed by atoms with Crippen LogP contribution in [0.15, 0.2) is 23.2 Å². The number of rotatable bonds is 3. The van der Waals surface area contributed by atoms with Gasteiger partial charge in [0.25, 0.3) is 10.0 Å². The number of aryl methyl sites for hydroxylation is 2. The zero-order valence-electron chi connectivity index (χ0n) is 10.7. The lowest BCUT2D eigenvalue weighted by Crippen LogP contribution is -2.14. The van der Waals surface area contributed by atoms with Crippen molar-refractivity contribution >= 4 is 44.7 Å². The molecule has 0 atom stereocenters. The number of hydrogen-bond acceptors (Lipinski definition) is 4. The van der Waals surface area contributed by atoms with Crippen LogP contribution in [0, 0.1) is 6.92 Å². The number of halogens is 2. The standard InChI is InChI=1S/C11H12Cl2N4O2S/c1-6-3-4-7(12)10(9(6)13)16-20(18,19)8-5-17(2)15-11(8)14/h3-5,16H,1-2H3,(H2,14,15). The molecule has 0 radical (unpaired) electrons. The van der Waals surface area contributed by atoms with Crippen LogP contribution < -0.4 is 10.5 Å². The SMILES string of the molecule is Cc1ccc(Cl)c(NS(=O)(=O)c2cn(C)nc2N)c1Cl. The zero-order valence-corrected chi connectivity index (χ0v) is 13.0. The molecule has 20 heavy (non-hydrogen) atoms. The molecule has 0 bridgehead atoms. The molecule has 0 fully saturated rings. The molecule has 0 aliphatic heterocycles. The Morgan fingerprint density at radius 2 is 2.00 bits per heavy atom. The molecule has 0 aliphatic rings. The summed E-state index contributed by atoms with van der Waals surface area (Å²) in [6, 6.07) is 3.26. The van der Waals surface area contributed by atoms with Crippen LogP contribution in [0.25, 0.3) is 0 Å². The molecule has 6 nitrogen and oxygen atoms in total. The van der Waals surface area contributed by atoms with Crippen molar-refractivity contribution in [1.29, 1.82) is 0 Å². The molecule has 1 aromatic carbocycles. The lowest BCUT2D eigenvalue weighted by Gasteiger charge is -2.12. The normalized spacial score (nSPS) is 11.6. The molecule has 2 rings (SSSR count). The first-order valence-corrected chi connectivity index (χ1v) is 7.73. The minimum Gasteiger partial charge on any atom is -0.381 e. The Labute approximate surface area is 126 Å². The van der Waals surface area contributed by atoms with E-state index in [9.17, 15) is 8.42 Å². The largest absolute Gasteiger partial charge is 0.381 e. The molecular weight excluding hydrogens is 323 g/mol. The van der Waals surface area contributed by atoms with Crippen LogP contribution in [0.5, 0.6) is 0 Å². The van der Waals surface area contributed by atoms with Crippen LogP contribution in [0.4, 0.5) is 11.5 Å². The first kappa shape index (κ1) is 15.0. The van der Waals surface area contributed by atoms with Crippen molar-refractivity contribution in [3.05, 3.63) is 33.9 Å². The number of nitrogen functional groups attached to an aromatic ring is 1. The molecule has 1 heterocycles. The Morgan fingerprint density at radius 1 is 1.35 bits per heavy atom. The van der Waals surface area contributed by atoms with E-state index < -0.39 is 10.0 Å². The minimum atomic E-state index is -3.91. The van der Waals surface area contributed by atoms with Gasteiger partial charge in [-0.25, -0.2) is 8.42 Å². The maximum Gasteiger partial charge on any atom is 0.267 e. The summed E-state index contributed by atoms with van der Waals surface area (Å²) < 4.78 is 28.2. The molecule has 3 N–H and O–H groups in total. The predicted octanol–water partition coefficient (Wildman–Crippen LogP) is 2.42. The monoisotopic (exact) mass is 334 g/mol. The van der Waals surface area contributed by atoms with Gasteiger partial charge in [0, 0.05) is 13.2 Å². The van der Waals surface area contributed by atoms with Crippen molar-refractivity contribution in [1.82, 2.24) is 9.78 Å². The van der Waals surface area contributed by atoms with E-state index >= 15 is 0 Å². The van der Waals surface area contributed by atoms with Crippen LogP contribution in [0.1, 0.15) is 5.56 Å². The Hall–Kier alpha value is -1.44. The van der Waals surface area contributed by atoms with E-state index in [0.29, 0.717) is 5.56 Å². The fourth-order valence-corrected chi connectivity index (χ4v) is 3.41. The molecule has 0 saturated carbocycles. The van der Waals surface area contributed by atoms with Gasteiger partial charge in [-0.2, -0.15) is 5.10 Å². The summed E-state index contributed by atoms with van der Waals surface area (Å²) in [4.78, 5) is -0.131. The first-order valence-electron chi connectivity index (χ1n) is 5.49. The van der Waals surface area contributed by atoms with Crippen LogP contribution in [-0.4, -0.2) is 18.2 Å². The molecule has 1 aromatic heterocycles. The topological polar surface area (TPSA) is 90.0 Å². The summed E-state index contributed by atoms with van der Waals surface area (Å²) in [7, 11) is -2.34. The summed E-state index contributed by atoms with van der Waals surface area (Å²) in [6.45, 7) is 1.74. The highest BCUT2D eigenvalue weighted by Crippen LogP contribution is 2.34. The van der Waals surface area contributed by atoms with E-state index in [1.807, 2.05) is 0 Å². The van der Waals surface area contributed by atoms with E-state index in [4.69, 9.17) is 28.9 Å². The number of nitrogens with zero attached hydrogens (tertiary/aromatic N) is 2. The Bertz CT molecular complexity index is 771. The maximum atomic E-state index is 12.3. The van der Waals surface area contributed by atoms with Gasteiger partial charge < -0.3 is 5.73 Å². The minimum absolute atomic E-state index is 0.0973. The third kappa shape index (κ3) is 2.70. The highest BCUT2D eigenvalue weighted by Gasteiger charge is 2.23. The quantitative estimate of drug-likeness (QED) is 0.901. The number of nitrogens with two attached hydrogens (primary N) is 1. The van der Waals surface area contributed by atoms with Crippen molar-refractivity contribution in [2.75, 3.05) is 10.5 Å². The van der Waals surface area contributed by atoms with Crippen molar-refractivity contribution < 1.29 is 8.42 Å². The second-order valence-electron chi connectivity index (χ2n) is 4.21. The van der Waals surface area contributed by atoms with Gasteiger partial charge >= 0.3 is 0 Å². The molecule has 0 amide bonds. The first-order chi connectivity index (χ1) is 9.22. The number of hydrogen-bond donors (Lipinski definition) is 2. The van der Waals surface area contributed by atoms with Gasteiger partial charge in [0.2, 0.25) is 0 Å². The van der Waals surface area contributed by atoms with E-state index in [-0.39, 0.29) is 26.4 Å². The van der Waals surface area contributed by atoms with Crippen molar-refractivity contribution in [3.63, 3.8) is 0 Å². The molecular formula is C11H12Cl2N4O2S. The average Bonchev–Trinajstić information content (AvgIpc) is 2.70. The lowest BCUT2D eigenvalue weighted by molar-refractivity contribution is 0.601. The van der Waals surface area contributed by atoms with Gasteiger partial charge in [0.15, 0.2) is 5.82 Å². The Balaban J connectivity index is 2.49. The van der Waals surface area contributed by atoms with Crippen molar-refractivity contribution in [3.8, 4) is 0 Å². The van der Waals surface area contributed by atoms with Crippen molar-refractivity contribution in [2.45, 2.75) is 11.8 Å². The van der Waals surface area contributed by atoms with Crippen LogP contribution >= 0.6 is 23.2 Å². The zero-order chi connectivity index (χ0) is 15.1. The fraction of sp³-hybridized carbons (Fsp3) is 0.182. The summed E-state index contributed by atoms with van der Waals surface area (Å²) >= 11 is 12.1. The van der Waals surface area contributed by atoms with E-state index in [1.54, 1.807) is 26.1 Å². The Kier molecular flexibility index (Phi) is 3.86. The van der Waals surface area contributed by atoms with E-state index in [1.165, 1.54) is 10.9 Å². The van der Waals surface area contributed by atoms with Gasteiger partial charge in [0.1, 0.15) is 4.90 Å². The summed E-state index contributed by atoms with van der Waals surface area (Å²) in [5.74, 6) is -0.0973. The summed E-state index contributed by atoms with van der Waals surface area (Å²) in [5.41, 5.74) is 6.39. The molecule has 2 aromatic rings. The smallest absolute Gasteiger partial charge is 0.267 e. The van der Waals surface area contributed by atoms with Gasteiger partial charge in [0.05, 0.1) is 15.7 Å². The average molecular weight is 335 g/mol. The van der Waals surface area contributed by atoms with Crippen molar-refractivity contribution in [2.24, 2.45) is 7.05 Å². The highest BCUT2D eigenvalue weighted by molar-refractivity contribution is 7.92.